The van der Waals surface area contributed by atoms with Crippen molar-refractivity contribution < 1.29 is 13.2 Å². The molecule has 4 nitrogen and oxygen atoms in total. The van der Waals surface area contributed by atoms with Gasteiger partial charge in [0, 0.05) is 12.1 Å². The van der Waals surface area contributed by atoms with Crippen LogP contribution in [0.15, 0.2) is 18.2 Å². The van der Waals surface area contributed by atoms with Gasteiger partial charge in [0.25, 0.3) is 0 Å². The Morgan fingerprint density at radius 1 is 1.37 bits per heavy atom. The Balaban J connectivity index is 2.07. The van der Waals surface area contributed by atoms with Crippen molar-refractivity contribution >= 4 is 9.84 Å². The molecule has 0 saturated carbocycles. The lowest BCUT2D eigenvalue weighted by Gasteiger charge is -2.40. The van der Waals surface area contributed by atoms with Crippen LogP contribution in [0.3, 0.4) is 0 Å². The van der Waals surface area contributed by atoms with E-state index >= 15 is 0 Å². The van der Waals surface area contributed by atoms with E-state index in [1.165, 1.54) is 5.56 Å². The topological polar surface area (TPSA) is 55.4 Å². The van der Waals surface area contributed by atoms with Gasteiger partial charge in [0.05, 0.1) is 18.1 Å². The molecular formula is C14H19NO3S. The van der Waals surface area contributed by atoms with Crippen molar-refractivity contribution in [1.82, 2.24) is 5.32 Å². The third-order valence-electron chi connectivity index (χ3n) is 4.17. The lowest BCUT2D eigenvalue weighted by Crippen LogP contribution is -2.53. The van der Waals surface area contributed by atoms with Gasteiger partial charge < -0.3 is 10.1 Å². The average Bonchev–Trinajstić information content (AvgIpc) is 2.36. The molecule has 2 aliphatic rings. The monoisotopic (exact) mass is 281 g/mol. The number of hydrogen-bond acceptors (Lipinski definition) is 4. The number of sulfone groups is 1. The van der Waals surface area contributed by atoms with E-state index in [0.29, 0.717) is 6.42 Å². The van der Waals surface area contributed by atoms with Gasteiger partial charge in [-0.1, -0.05) is 6.07 Å². The summed E-state index contributed by atoms with van der Waals surface area (Å²) in [6.45, 7) is 1.93. The molecular weight excluding hydrogens is 262 g/mol. The molecule has 1 aliphatic carbocycles. The van der Waals surface area contributed by atoms with Gasteiger partial charge in [-0.05, 0) is 43.0 Å². The molecule has 3 rings (SSSR count). The quantitative estimate of drug-likeness (QED) is 0.846. The van der Waals surface area contributed by atoms with Crippen molar-refractivity contribution in [2.75, 3.05) is 12.9 Å². The fraction of sp³-hybridized carbons (Fsp3) is 0.571. The Bertz CT molecular complexity index is 597. The molecule has 3 unspecified atom stereocenters. The summed E-state index contributed by atoms with van der Waals surface area (Å²) >= 11 is 0. The van der Waals surface area contributed by atoms with Crippen LogP contribution in [0.5, 0.6) is 5.75 Å². The van der Waals surface area contributed by atoms with E-state index in [-0.39, 0.29) is 23.1 Å². The maximum Gasteiger partial charge on any atom is 0.156 e. The van der Waals surface area contributed by atoms with Crippen LogP contribution in [-0.2, 0) is 16.3 Å². The van der Waals surface area contributed by atoms with Crippen molar-refractivity contribution in [1.29, 1.82) is 0 Å². The smallest absolute Gasteiger partial charge is 0.156 e. The second-order valence-corrected chi connectivity index (χ2v) is 7.78. The number of aryl methyl sites for hydroxylation is 1. The molecule has 0 spiro atoms. The fourth-order valence-corrected chi connectivity index (χ4v) is 5.45. The lowest BCUT2D eigenvalue weighted by atomic mass is 9.86. The lowest BCUT2D eigenvalue weighted by molar-refractivity contribution is 0.384. The van der Waals surface area contributed by atoms with Crippen LogP contribution in [0.4, 0.5) is 0 Å². The Morgan fingerprint density at radius 2 is 2.16 bits per heavy atom. The molecule has 1 N–H and O–H groups in total. The maximum atomic E-state index is 12.3. The van der Waals surface area contributed by atoms with Crippen molar-refractivity contribution in [2.45, 2.75) is 37.1 Å². The van der Waals surface area contributed by atoms with Gasteiger partial charge in [-0.15, -0.1) is 0 Å². The molecule has 19 heavy (non-hydrogen) atoms. The van der Waals surface area contributed by atoms with Crippen LogP contribution >= 0.6 is 0 Å². The molecule has 1 aliphatic heterocycles. The van der Waals surface area contributed by atoms with Crippen molar-refractivity contribution in [3.63, 3.8) is 0 Å². The standard InChI is InChI=1S/C14H19NO3S/c1-9-8-19(16,17)13-6-4-10-3-5-11(18-2)7-12(10)14(13)15-9/h3,5,7,9,13-15H,4,6,8H2,1-2H3. The maximum absolute atomic E-state index is 12.3. The summed E-state index contributed by atoms with van der Waals surface area (Å²) in [7, 11) is -1.36. The molecule has 1 fully saturated rings. The van der Waals surface area contributed by atoms with Crippen LogP contribution < -0.4 is 10.1 Å². The van der Waals surface area contributed by atoms with Crippen LogP contribution in [0.1, 0.15) is 30.5 Å². The Hall–Kier alpha value is -1.07. The molecule has 1 aromatic rings. The first-order chi connectivity index (χ1) is 9.01. The molecule has 0 bridgehead atoms. The molecule has 0 amide bonds. The summed E-state index contributed by atoms with van der Waals surface area (Å²) in [5.74, 6) is 1.03. The van der Waals surface area contributed by atoms with E-state index in [9.17, 15) is 8.42 Å². The highest BCUT2D eigenvalue weighted by atomic mass is 32.2. The summed E-state index contributed by atoms with van der Waals surface area (Å²) in [4.78, 5) is 0. The fourth-order valence-electron chi connectivity index (χ4n) is 3.29. The minimum absolute atomic E-state index is 0.00315. The van der Waals surface area contributed by atoms with E-state index in [2.05, 4.69) is 11.4 Å². The second kappa shape index (κ2) is 4.49. The number of methoxy groups -OCH3 is 1. The van der Waals surface area contributed by atoms with E-state index in [1.807, 2.05) is 19.1 Å². The molecule has 0 radical (unpaired) electrons. The number of rotatable bonds is 1. The van der Waals surface area contributed by atoms with E-state index in [1.54, 1.807) is 7.11 Å². The van der Waals surface area contributed by atoms with Crippen molar-refractivity contribution in [3.8, 4) is 5.75 Å². The third kappa shape index (κ3) is 2.15. The first-order valence-electron chi connectivity index (χ1n) is 6.65. The summed E-state index contributed by atoms with van der Waals surface area (Å²) in [6.07, 6.45) is 1.54. The Labute approximate surface area is 114 Å². The molecule has 1 saturated heterocycles. The molecule has 0 aromatic heterocycles. The first-order valence-corrected chi connectivity index (χ1v) is 8.37. The largest absolute Gasteiger partial charge is 0.497 e. The van der Waals surface area contributed by atoms with Crippen LogP contribution in [-0.4, -0.2) is 32.6 Å². The zero-order chi connectivity index (χ0) is 13.6. The number of ether oxygens (including phenoxy) is 1. The highest BCUT2D eigenvalue weighted by molar-refractivity contribution is 7.92. The minimum atomic E-state index is -3.00. The minimum Gasteiger partial charge on any atom is -0.497 e. The summed E-state index contributed by atoms with van der Waals surface area (Å²) < 4.78 is 29.9. The second-order valence-electron chi connectivity index (χ2n) is 5.52. The molecule has 3 atom stereocenters. The summed E-state index contributed by atoms with van der Waals surface area (Å²) in [5, 5.41) is 3.16. The zero-order valence-corrected chi connectivity index (χ0v) is 12.0. The number of benzene rings is 1. The number of fused-ring (bicyclic) bond motifs is 3. The van der Waals surface area contributed by atoms with Gasteiger partial charge in [-0.2, -0.15) is 0 Å². The molecule has 1 heterocycles. The first kappa shape index (κ1) is 12.9. The highest BCUT2D eigenvalue weighted by Gasteiger charge is 2.43. The third-order valence-corrected chi connectivity index (χ3v) is 6.56. The Morgan fingerprint density at radius 3 is 2.89 bits per heavy atom. The summed E-state index contributed by atoms with van der Waals surface area (Å²) in [5.41, 5.74) is 2.32. The van der Waals surface area contributed by atoms with Gasteiger partial charge in [0.15, 0.2) is 9.84 Å². The Kier molecular flexibility index (Phi) is 3.06. The van der Waals surface area contributed by atoms with Gasteiger partial charge in [-0.3, -0.25) is 0 Å². The predicted molar refractivity (Wildman–Crippen MR) is 74.2 cm³/mol. The molecule has 5 heteroatoms. The summed E-state index contributed by atoms with van der Waals surface area (Å²) in [6, 6.07) is 5.89. The van der Waals surface area contributed by atoms with Crippen molar-refractivity contribution in [3.05, 3.63) is 29.3 Å². The van der Waals surface area contributed by atoms with E-state index < -0.39 is 9.84 Å². The van der Waals surface area contributed by atoms with Gasteiger partial charge in [0.1, 0.15) is 5.75 Å². The van der Waals surface area contributed by atoms with Crippen molar-refractivity contribution in [2.24, 2.45) is 0 Å². The number of hydrogen-bond donors (Lipinski definition) is 1. The highest BCUT2D eigenvalue weighted by Crippen LogP contribution is 2.38. The van der Waals surface area contributed by atoms with Crippen LogP contribution in [0.25, 0.3) is 0 Å². The molecule has 104 valence electrons. The SMILES string of the molecule is COc1ccc2c(c1)C1NC(C)CS(=O)(=O)C1CC2. The molecule has 1 aromatic carbocycles. The average molecular weight is 281 g/mol. The van der Waals surface area contributed by atoms with Gasteiger partial charge >= 0.3 is 0 Å². The van der Waals surface area contributed by atoms with E-state index in [0.717, 1.165) is 17.7 Å². The normalized spacial score (nSPS) is 32.2. The predicted octanol–water partition coefficient (Wildman–Crippen LogP) is 1.46. The van der Waals surface area contributed by atoms with Gasteiger partial charge in [0.2, 0.25) is 0 Å². The van der Waals surface area contributed by atoms with Crippen LogP contribution in [0.2, 0.25) is 0 Å². The zero-order valence-electron chi connectivity index (χ0n) is 11.2. The van der Waals surface area contributed by atoms with Gasteiger partial charge in [-0.25, -0.2) is 8.42 Å². The number of nitrogens with one attached hydrogen (secondary N) is 1. The van der Waals surface area contributed by atoms with Crippen LogP contribution in [0, 0.1) is 0 Å². The van der Waals surface area contributed by atoms with E-state index in [4.69, 9.17) is 4.74 Å².